The van der Waals surface area contributed by atoms with E-state index < -0.39 is 0 Å². The Morgan fingerprint density at radius 3 is 1.89 bits per heavy atom. The first-order chi connectivity index (χ1) is 30.5. The molecule has 2 heterocycles. The van der Waals surface area contributed by atoms with Crippen molar-refractivity contribution in [1.82, 2.24) is 9.97 Å². The minimum Gasteiger partial charge on any atom is -0.455 e. The van der Waals surface area contributed by atoms with Gasteiger partial charge in [-0.3, -0.25) is 0 Å². The van der Waals surface area contributed by atoms with Gasteiger partial charge in [-0.1, -0.05) is 184 Å². The molecule has 0 saturated heterocycles. The third kappa shape index (κ3) is 5.81. The quantitative estimate of drug-likeness (QED) is 0.168. The SMILES string of the molecule is CC1(C)c2ccccc2-c2c(-c3ccccc3-c3cc(-c4cc(-c5ccc6ccccc6c5)cc(-c5cccc6c5oc5ccccc56)c4)nc(-c4ccccc4)n3)cccc21. The molecule has 0 amide bonds. The summed E-state index contributed by atoms with van der Waals surface area (Å²) < 4.78 is 6.64. The second-order valence-electron chi connectivity index (χ2n) is 16.9. The van der Waals surface area contributed by atoms with Crippen molar-refractivity contribution in [2.24, 2.45) is 0 Å². The zero-order valence-corrected chi connectivity index (χ0v) is 34.4. The molecule has 0 saturated carbocycles. The molecule has 1 aliphatic rings. The molecule has 0 aliphatic heterocycles. The molecule has 292 valence electrons. The number of rotatable bonds is 6. The number of para-hydroxylation sites is 2. The van der Waals surface area contributed by atoms with Crippen LogP contribution in [0.25, 0.3) is 111 Å². The molecule has 0 radical (unpaired) electrons. The van der Waals surface area contributed by atoms with Gasteiger partial charge in [0.15, 0.2) is 5.82 Å². The fourth-order valence-electron chi connectivity index (χ4n) is 9.81. The maximum atomic E-state index is 6.64. The molecule has 11 aromatic rings. The predicted octanol–water partition coefficient (Wildman–Crippen LogP) is 15.8. The van der Waals surface area contributed by atoms with Crippen molar-refractivity contribution in [2.45, 2.75) is 19.3 Å². The Bertz CT molecular complexity index is 3560. The summed E-state index contributed by atoms with van der Waals surface area (Å²) in [6, 6.07) is 73.7. The van der Waals surface area contributed by atoms with E-state index in [1.165, 1.54) is 38.6 Å². The Morgan fingerprint density at radius 1 is 0.371 bits per heavy atom. The number of hydrogen-bond donors (Lipinski definition) is 0. The third-order valence-electron chi connectivity index (χ3n) is 12.9. The topological polar surface area (TPSA) is 38.9 Å². The number of furan rings is 1. The number of fused-ring (bicyclic) bond motifs is 7. The Morgan fingerprint density at radius 2 is 1.00 bits per heavy atom. The monoisotopic (exact) mass is 792 g/mol. The average Bonchev–Trinajstić information content (AvgIpc) is 3.83. The van der Waals surface area contributed by atoms with Crippen LogP contribution < -0.4 is 0 Å². The van der Waals surface area contributed by atoms with Crippen LogP contribution in [-0.2, 0) is 5.41 Å². The average molecular weight is 793 g/mol. The Balaban J connectivity index is 1.10. The summed E-state index contributed by atoms with van der Waals surface area (Å²) in [5.41, 5.74) is 18.3. The summed E-state index contributed by atoms with van der Waals surface area (Å²) in [5, 5.41) is 4.61. The second-order valence-corrected chi connectivity index (χ2v) is 16.9. The van der Waals surface area contributed by atoms with Gasteiger partial charge in [-0.05, 0) is 97.2 Å². The third-order valence-corrected chi connectivity index (χ3v) is 12.9. The number of benzene rings is 9. The lowest BCUT2D eigenvalue weighted by molar-refractivity contribution is 0.660. The maximum absolute atomic E-state index is 6.64. The summed E-state index contributed by atoms with van der Waals surface area (Å²) >= 11 is 0. The lowest BCUT2D eigenvalue weighted by Gasteiger charge is -2.22. The highest BCUT2D eigenvalue weighted by atomic mass is 16.3. The van der Waals surface area contributed by atoms with Gasteiger partial charge in [0.05, 0.1) is 11.4 Å². The van der Waals surface area contributed by atoms with Crippen LogP contribution in [0, 0.1) is 0 Å². The smallest absolute Gasteiger partial charge is 0.160 e. The van der Waals surface area contributed by atoms with Crippen molar-refractivity contribution in [1.29, 1.82) is 0 Å². The molecular weight excluding hydrogens is 753 g/mol. The van der Waals surface area contributed by atoms with Gasteiger partial charge in [-0.2, -0.15) is 0 Å². The van der Waals surface area contributed by atoms with Crippen LogP contribution in [0.1, 0.15) is 25.0 Å². The molecule has 0 N–H and O–H groups in total. The van der Waals surface area contributed by atoms with Gasteiger partial charge >= 0.3 is 0 Å². The van der Waals surface area contributed by atoms with Gasteiger partial charge in [0.2, 0.25) is 0 Å². The van der Waals surface area contributed by atoms with Crippen LogP contribution in [0.4, 0.5) is 0 Å². The number of aromatic nitrogens is 2. The van der Waals surface area contributed by atoms with E-state index in [0.717, 1.165) is 77.8 Å². The molecule has 12 rings (SSSR count). The van der Waals surface area contributed by atoms with Crippen molar-refractivity contribution in [2.75, 3.05) is 0 Å². The summed E-state index contributed by atoms with van der Waals surface area (Å²) in [6.07, 6.45) is 0. The molecule has 1 aliphatic carbocycles. The Hall–Kier alpha value is -7.88. The minimum atomic E-state index is -0.111. The van der Waals surface area contributed by atoms with Crippen molar-refractivity contribution in [3.05, 3.63) is 217 Å². The van der Waals surface area contributed by atoms with E-state index in [1.54, 1.807) is 0 Å². The highest BCUT2D eigenvalue weighted by molar-refractivity contribution is 6.10. The molecule has 3 nitrogen and oxygen atoms in total. The summed E-state index contributed by atoms with van der Waals surface area (Å²) in [6.45, 7) is 4.68. The molecule has 3 heteroatoms. The zero-order chi connectivity index (χ0) is 41.4. The van der Waals surface area contributed by atoms with E-state index in [9.17, 15) is 0 Å². The lowest BCUT2D eigenvalue weighted by Crippen LogP contribution is -2.14. The van der Waals surface area contributed by atoms with Gasteiger partial charge in [0.1, 0.15) is 11.2 Å². The van der Waals surface area contributed by atoms with E-state index in [4.69, 9.17) is 14.4 Å². The van der Waals surface area contributed by atoms with Crippen LogP contribution >= 0.6 is 0 Å². The van der Waals surface area contributed by atoms with Gasteiger partial charge < -0.3 is 4.42 Å². The molecule has 0 atom stereocenters. The standard InChI is InChI=1S/C59H40N2O/c1-59(2)51-27-12-10-23-50(51)56-48(25-15-28-52(56)59)45-20-8-9-21-46(45)54-36-53(60-58(61-54)38-17-4-3-5-18-38)43-34-41(40-31-30-37-16-6-7-19-39(37)32-40)33-42(35-43)44-24-14-26-49-47-22-11-13-29-55(47)62-57(44)49/h3-36H,1-2H3. The predicted molar refractivity (Wildman–Crippen MR) is 257 cm³/mol. The van der Waals surface area contributed by atoms with E-state index >= 15 is 0 Å². The summed E-state index contributed by atoms with van der Waals surface area (Å²) in [4.78, 5) is 10.8. The first-order valence-corrected chi connectivity index (χ1v) is 21.3. The highest BCUT2D eigenvalue weighted by Crippen LogP contribution is 2.53. The van der Waals surface area contributed by atoms with E-state index in [1.807, 2.05) is 18.2 Å². The summed E-state index contributed by atoms with van der Waals surface area (Å²) in [7, 11) is 0. The van der Waals surface area contributed by atoms with Crippen LogP contribution in [0.3, 0.4) is 0 Å². The van der Waals surface area contributed by atoms with Crippen molar-refractivity contribution in [3.8, 4) is 78.4 Å². The van der Waals surface area contributed by atoms with Crippen molar-refractivity contribution >= 4 is 32.7 Å². The first-order valence-electron chi connectivity index (χ1n) is 21.3. The lowest BCUT2D eigenvalue weighted by atomic mass is 9.81. The fourth-order valence-corrected chi connectivity index (χ4v) is 9.81. The molecule has 0 spiro atoms. The second kappa shape index (κ2) is 14.1. The Labute approximate surface area is 360 Å². The Kier molecular flexibility index (Phi) is 8.20. The normalized spacial score (nSPS) is 12.8. The van der Waals surface area contributed by atoms with Crippen molar-refractivity contribution < 1.29 is 4.42 Å². The minimum absolute atomic E-state index is 0.111. The van der Waals surface area contributed by atoms with Crippen LogP contribution in [-0.4, -0.2) is 9.97 Å². The van der Waals surface area contributed by atoms with E-state index in [0.29, 0.717) is 5.82 Å². The molecule has 9 aromatic carbocycles. The van der Waals surface area contributed by atoms with E-state index in [2.05, 4.69) is 202 Å². The van der Waals surface area contributed by atoms with Crippen molar-refractivity contribution in [3.63, 3.8) is 0 Å². The molecule has 0 unspecified atom stereocenters. The summed E-state index contributed by atoms with van der Waals surface area (Å²) in [5.74, 6) is 0.676. The molecule has 2 aromatic heterocycles. The first kappa shape index (κ1) is 36.0. The van der Waals surface area contributed by atoms with Gasteiger partial charge in [0.25, 0.3) is 0 Å². The van der Waals surface area contributed by atoms with E-state index in [-0.39, 0.29) is 5.41 Å². The maximum Gasteiger partial charge on any atom is 0.160 e. The van der Waals surface area contributed by atoms with Crippen LogP contribution in [0.15, 0.2) is 211 Å². The highest BCUT2D eigenvalue weighted by Gasteiger charge is 2.36. The molecular formula is C59H40N2O. The fraction of sp³-hybridized carbons (Fsp3) is 0.0508. The van der Waals surface area contributed by atoms with Gasteiger partial charge in [-0.15, -0.1) is 0 Å². The largest absolute Gasteiger partial charge is 0.455 e. The zero-order valence-electron chi connectivity index (χ0n) is 34.4. The van der Waals surface area contributed by atoms with Crippen LogP contribution in [0.5, 0.6) is 0 Å². The molecule has 0 fully saturated rings. The van der Waals surface area contributed by atoms with Gasteiger partial charge in [0, 0.05) is 38.4 Å². The molecule has 62 heavy (non-hydrogen) atoms. The van der Waals surface area contributed by atoms with Crippen LogP contribution in [0.2, 0.25) is 0 Å². The van der Waals surface area contributed by atoms with Gasteiger partial charge in [-0.25, -0.2) is 9.97 Å². The molecule has 0 bridgehead atoms. The number of nitrogens with zero attached hydrogens (tertiary/aromatic N) is 2. The number of hydrogen-bond acceptors (Lipinski definition) is 3.